The first-order valence-electron chi connectivity index (χ1n) is 2.85. The predicted molar refractivity (Wildman–Crippen MR) is 50.8 cm³/mol. The summed E-state index contributed by atoms with van der Waals surface area (Å²) in [6.45, 7) is 7.75. The van der Waals surface area contributed by atoms with Crippen molar-refractivity contribution in [3.05, 3.63) is 6.92 Å². The van der Waals surface area contributed by atoms with Crippen LogP contribution in [0.25, 0.3) is 0 Å². The van der Waals surface area contributed by atoms with Crippen LogP contribution in [0.15, 0.2) is 0 Å². The first kappa shape index (κ1) is 16.8. The lowest BCUT2D eigenvalue weighted by Gasteiger charge is -1.78. The van der Waals surface area contributed by atoms with E-state index in [4.69, 9.17) is 0 Å². The molecule has 0 unspecified atom stereocenters. The average molecular weight is 173 g/mol. The van der Waals surface area contributed by atoms with E-state index in [1.54, 1.807) is 0 Å². The van der Waals surface area contributed by atoms with E-state index in [-0.39, 0.29) is 17.4 Å². The Bertz CT molecular complexity index is 65.4. The van der Waals surface area contributed by atoms with E-state index in [1.165, 1.54) is 0 Å². The van der Waals surface area contributed by atoms with E-state index in [2.05, 4.69) is 20.8 Å². The van der Waals surface area contributed by atoms with Crippen LogP contribution in [0.4, 0.5) is 0 Å². The van der Waals surface area contributed by atoms with Gasteiger partial charge in [0.1, 0.15) is 0 Å². The summed E-state index contributed by atoms with van der Waals surface area (Å²) in [6, 6.07) is 0. The van der Waals surface area contributed by atoms with E-state index >= 15 is 0 Å². The molecule has 0 rings (SSSR count). The summed E-state index contributed by atoms with van der Waals surface area (Å²) in [7, 11) is 0. The molecule has 0 N–H and O–H groups in total. The highest BCUT2D eigenvalue weighted by Crippen LogP contribution is 1.80. The minimum absolute atomic E-state index is 0. The first-order chi connectivity index (χ1) is 4.15. The fourth-order valence-electron chi connectivity index (χ4n) is 0.0393. The zero-order valence-corrected chi connectivity index (χ0v) is 7.38. The highest BCUT2D eigenvalue weighted by Gasteiger charge is 1.77. The van der Waals surface area contributed by atoms with Crippen molar-refractivity contribution >= 4 is 42.9 Å². The van der Waals surface area contributed by atoms with E-state index in [0.717, 1.165) is 0 Å². The Morgan fingerprint density at radius 3 is 1.50 bits per heavy atom. The van der Waals surface area contributed by atoms with Gasteiger partial charge in [0.15, 0.2) is 17.4 Å². The molecule has 0 aliphatic heterocycles. The molecule has 4 heteroatoms. The van der Waals surface area contributed by atoms with Crippen molar-refractivity contribution in [1.82, 2.24) is 0 Å². The van der Waals surface area contributed by atoms with E-state index in [1.807, 2.05) is 0 Å². The Morgan fingerprint density at radius 1 is 1.30 bits per heavy atom. The van der Waals surface area contributed by atoms with Crippen molar-refractivity contribution in [1.29, 1.82) is 0 Å². The Kier molecular flexibility index (Phi) is 27.2. The fourth-order valence-corrected chi connectivity index (χ4v) is 0.118. The molecule has 10 heavy (non-hydrogen) atoms. The summed E-state index contributed by atoms with van der Waals surface area (Å²) in [6.07, 6.45) is 0. The Hall–Kier alpha value is 0.405. The summed E-state index contributed by atoms with van der Waals surface area (Å²) in [4.78, 5) is 18.5. The van der Waals surface area contributed by atoms with E-state index in [0.29, 0.717) is 16.2 Å². The second kappa shape index (κ2) is 16.2. The van der Waals surface area contributed by atoms with Gasteiger partial charge in [0, 0.05) is 10.3 Å². The maximum absolute atomic E-state index is 9.24. The second-order valence-corrected chi connectivity index (χ2v) is 3.10. The largest absolute Gasteiger partial charge is 0.429 e. The molecule has 0 bridgehead atoms. The van der Waals surface area contributed by atoms with Crippen LogP contribution < -0.4 is 0 Å². The third kappa shape index (κ3) is 79.7. The van der Waals surface area contributed by atoms with Crippen LogP contribution >= 0.6 is 0 Å². The molecular weight excluding hydrogens is 158 g/mol. The normalized spacial score (nSPS) is 6.40. The fraction of sp³-hybridized carbons (Fsp3) is 0.500. The molecule has 0 aromatic rings. The molecule has 2 nitrogen and oxygen atoms in total. The molecule has 0 aliphatic rings. The maximum Gasteiger partial charge on any atom is 0.429 e. The summed E-state index contributed by atoms with van der Waals surface area (Å²) < 4.78 is 0. The number of hydrogen-bond acceptors (Lipinski definition) is 2. The molecule has 0 amide bonds. The van der Waals surface area contributed by atoms with Gasteiger partial charge in [-0.1, -0.05) is 20.8 Å². The van der Waals surface area contributed by atoms with Gasteiger partial charge in [-0.2, -0.15) is 0 Å². The van der Waals surface area contributed by atoms with Crippen LogP contribution in [-0.2, 0) is 9.59 Å². The van der Waals surface area contributed by atoms with Crippen molar-refractivity contribution in [3.8, 4) is 0 Å². The van der Waals surface area contributed by atoms with Crippen LogP contribution in [0, 0.1) is 12.8 Å². The van der Waals surface area contributed by atoms with E-state index in [9.17, 15) is 9.59 Å². The zero-order valence-electron chi connectivity index (χ0n) is 5.96. The summed E-state index contributed by atoms with van der Waals surface area (Å²) in [5.41, 5.74) is 0. The highest BCUT2D eigenvalue weighted by atomic mass is 27.1. The summed E-state index contributed by atoms with van der Waals surface area (Å²) in [5, 5.41) is 1.40. The number of carbonyl (C=O) groups excluding carboxylic acids is 2. The zero-order chi connectivity index (χ0) is 7.70. The lowest BCUT2D eigenvalue weighted by molar-refractivity contribution is 0.564. The molecule has 0 heterocycles. The van der Waals surface area contributed by atoms with Crippen molar-refractivity contribution in [2.45, 2.75) is 13.8 Å². The monoisotopic (exact) mass is 173 g/mol. The topological polar surface area (TPSA) is 34.1 Å². The lowest BCUT2D eigenvalue weighted by Crippen LogP contribution is -1.89. The minimum Gasteiger partial charge on any atom is -0.324 e. The standard InChI is InChI=1S/C4H9.2CHO.2Al.4H/c1-4(2)3;2*1-2;;;;;;/h4H,1H2,2-3H3;2*1H;;;;;;. The molecule has 0 saturated carbocycles. The number of carbonyl (C=O) groups is 2. The van der Waals surface area contributed by atoms with Crippen molar-refractivity contribution < 1.29 is 9.59 Å². The Labute approximate surface area is 79.2 Å². The van der Waals surface area contributed by atoms with Gasteiger partial charge >= 0.3 is 15.2 Å². The molecular formula is C6H15Al2O2. The van der Waals surface area contributed by atoms with E-state index < -0.39 is 15.2 Å². The predicted octanol–water partition coefficient (Wildman–Crippen LogP) is -0.904. The van der Waals surface area contributed by atoms with Gasteiger partial charge in [0.2, 0.25) is 0 Å². The van der Waals surface area contributed by atoms with Gasteiger partial charge in [-0.05, 0) is 5.92 Å². The van der Waals surface area contributed by atoms with Gasteiger partial charge in [-0.15, -0.1) is 0 Å². The van der Waals surface area contributed by atoms with Crippen LogP contribution in [0.3, 0.4) is 0 Å². The minimum atomic E-state index is -0.929. The van der Waals surface area contributed by atoms with Gasteiger partial charge in [0.05, 0.1) is 0 Å². The van der Waals surface area contributed by atoms with Gasteiger partial charge in [0.25, 0.3) is 0 Å². The first-order valence-corrected chi connectivity index (χ1v) is 4.48. The Balaban J connectivity index is -0.0000000910. The Morgan fingerprint density at radius 2 is 1.50 bits per heavy atom. The van der Waals surface area contributed by atoms with Gasteiger partial charge in [-0.25, -0.2) is 0 Å². The lowest BCUT2D eigenvalue weighted by atomic mass is 10.3. The molecule has 0 fully saturated rings. The van der Waals surface area contributed by atoms with Crippen molar-refractivity contribution in [3.63, 3.8) is 0 Å². The molecule has 0 atom stereocenters. The number of rotatable bonds is 2. The quantitative estimate of drug-likeness (QED) is 0.400. The smallest absolute Gasteiger partial charge is 0.324 e. The third-order valence-electron chi connectivity index (χ3n) is 0.192. The molecule has 0 aromatic heterocycles. The molecule has 0 saturated heterocycles. The third-order valence-corrected chi connectivity index (χ3v) is 0.577. The maximum atomic E-state index is 9.24. The number of hydrogen-bond donors (Lipinski definition) is 0. The summed E-state index contributed by atoms with van der Waals surface area (Å²) >= 11 is -0.929. The second-order valence-electron chi connectivity index (χ2n) is 1.96. The molecule has 57 valence electrons. The van der Waals surface area contributed by atoms with Crippen LogP contribution in [0.5, 0.6) is 0 Å². The van der Waals surface area contributed by atoms with Crippen LogP contribution in [0.2, 0.25) is 0 Å². The van der Waals surface area contributed by atoms with Gasteiger partial charge < -0.3 is 9.59 Å². The van der Waals surface area contributed by atoms with Gasteiger partial charge in [-0.3, -0.25) is 0 Å². The average Bonchev–Trinajstić information content (AvgIpc) is 1.66. The summed E-state index contributed by atoms with van der Waals surface area (Å²) in [5.74, 6) is 0.583. The van der Waals surface area contributed by atoms with Crippen LogP contribution in [0.1, 0.15) is 13.8 Å². The molecule has 0 spiro atoms. The highest BCUT2D eigenvalue weighted by molar-refractivity contribution is 6.87. The molecule has 0 aromatic carbocycles. The van der Waals surface area contributed by atoms with Crippen LogP contribution in [-0.4, -0.2) is 42.9 Å². The van der Waals surface area contributed by atoms with Crippen molar-refractivity contribution in [2.24, 2.45) is 5.92 Å². The SMILES string of the molecule is O=[CH][AlH][CH]=O.[AlH3].[CH2]C(C)C. The molecule has 1 radical (unpaired) electrons. The van der Waals surface area contributed by atoms with Crippen molar-refractivity contribution in [2.75, 3.05) is 0 Å². The molecule has 0 aliphatic carbocycles.